The molecule has 0 radical (unpaired) electrons. The fraction of sp³-hybridized carbons (Fsp3) is 0.553. The molecular formula is C38H49ClN6O7S2. The Morgan fingerprint density at radius 1 is 1.22 bits per heavy atom. The van der Waals surface area contributed by atoms with Crippen molar-refractivity contribution in [3.8, 4) is 21.8 Å². The fourth-order valence-electron chi connectivity index (χ4n) is 7.12. The average Bonchev–Trinajstić information content (AvgIpc) is 3.47. The van der Waals surface area contributed by atoms with Gasteiger partial charge in [-0.3, -0.25) is 19.6 Å². The summed E-state index contributed by atoms with van der Waals surface area (Å²) in [6.07, 6.45) is 2.07. The topological polar surface area (TPSA) is 168 Å². The molecule has 5 heterocycles. The molecule has 4 N–H and O–H groups in total. The molecule has 5 atom stereocenters. The SMILES string of the molecule is CCn1c(-c2cccnc2[C@H](C)OC)c(CC(C)(C)CO)c2c(Cl)c(-c3csc(C[C@H](NC(=O)OC(C)(C)C)C(=O)N4CC5CC5[C@@H](C(=O)O)N4)n3)sc21. The van der Waals surface area contributed by atoms with Crippen LogP contribution in [0.2, 0.25) is 5.02 Å². The molecule has 2 fully saturated rings. The molecule has 13 nitrogen and oxygen atoms in total. The second kappa shape index (κ2) is 15.5. The highest BCUT2D eigenvalue weighted by atomic mass is 35.5. The maximum atomic E-state index is 14.0. The number of carboxylic acid groups (broad SMARTS) is 1. The number of aryl methyl sites for hydroxylation is 1. The number of aromatic nitrogens is 3. The predicted octanol–water partition coefficient (Wildman–Crippen LogP) is 6.70. The van der Waals surface area contributed by atoms with Gasteiger partial charge in [-0.05, 0) is 82.4 Å². The molecule has 4 aromatic heterocycles. The van der Waals surface area contributed by atoms with Crippen LogP contribution in [0.15, 0.2) is 23.7 Å². The molecule has 2 amide bonds. The van der Waals surface area contributed by atoms with E-state index < -0.39 is 41.1 Å². The van der Waals surface area contributed by atoms with Crippen molar-refractivity contribution in [2.45, 2.75) is 98.1 Å². The van der Waals surface area contributed by atoms with Crippen LogP contribution in [-0.2, 0) is 38.4 Å². The second-order valence-electron chi connectivity index (χ2n) is 15.9. The molecule has 4 aromatic rings. The average molecular weight is 801 g/mol. The molecule has 0 bridgehead atoms. The Hall–Kier alpha value is -3.60. The van der Waals surface area contributed by atoms with Gasteiger partial charge in [0, 0.05) is 55.8 Å². The molecule has 0 aromatic carbocycles. The minimum Gasteiger partial charge on any atom is -0.480 e. The molecule has 2 unspecified atom stereocenters. The smallest absolute Gasteiger partial charge is 0.408 e. The summed E-state index contributed by atoms with van der Waals surface area (Å²) in [5.41, 5.74) is 6.01. The highest BCUT2D eigenvalue weighted by molar-refractivity contribution is 7.23. The number of thiophene rings is 1. The van der Waals surface area contributed by atoms with Gasteiger partial charge in [-0.2, -0.15) is 0 Å². The van der Waals surface area contributed by atoms with Gasteiger partial charge in [0.15, 0.2) is 0 Å². The number of hydrazine groups is 1. The number of ether oxygens (including phenoxy) is 2. The molecule has 1 aliphatic heterocycles. The van der Waals surface area contributed by atoms with E-state index in [-0.39, 0.29) is 31.0 Å². The van der Waals surface area contributed by atoms with Gasteiger partial charge in [0.25, 0.3) is 5.91 Å². The Kier molecular flexibility index (Phi) is 11.5. The van der Waals surface area contributed by atoms with Crippen molar-refractivity contribution in [1.29, 1.82) is 0 Å². The summed E-state index contributed by atoms with van der Waals surface area (Å²) in [5, 5.41) is 28.1. The number of nitrogens with zero attached hydrogens (tertiary/aromatic N) is 4. The van der Waals surface area contributed by atoms with Crippen LogP contribution in [0.25, 0.3) is 32.0 Å². The molecule has 1 aliphatic carbocycles. The molecule has 6 rings (SSSR count). The van der Waals surface area contributed by atoms with E-state index in [1.165, 1.54) is 27.7 Å². The van der Waals surface area contributed by atoms with Crippen molar-refractivity contribution in [1.82, 2.24) is 30.3 Å². The van der Waals surface area contributed by atoms with Gasteiger partial charge in [0.2, 0.25) is 0 Å². The molecular weight excluding hydrogens is 752 g/mol. The van der Waals surface area contributed by atoms with Crippen LogP contribution in [0.1, 0.15) is 77.3 Å². The van der Waals surface area contributed by atoms with Crippen molar-refractivity contribution in [2.75, 3.05) is 20.3 Å². The van der Waals surface area contributed by atoms with Crippen molar-refractivity contribution >= 4 is 62.5 Å². The van der Waals surface area contributed by atoms with Crippen LogP contribution in [0, 0.1) is 17.3 Å². The Balaban J connectivity index is 1.37. The number of aliphatic hydroxyl groups is 1. The zero-order valence-corrected chi connectivity index (χ0v) is 34.2. The Bertz CT molecular complexity index is 2050. The second-order valence-corrected chi connectivity index (χ2v) is 18.2. The Morgan fingerprint density at radius 3 is 2.61 bits per heavy atom. The van der Waals surface area contributed by atoms with Gasteiger partial charge >= 0.3 is 12.1 Å². The Labute approximate surface area is 328 Å². The highest BCUT2D eigenvalue weighted by Crippen LogP contribution is 2.50. The number of rotatable bonds is 13. The number of hydrogen-bond donors (Lipinski definition) is 4. The summed E-state index contributed by atoms with van der Waals surface area (Å²) < 4.78 is 13.4. The third kappa shape index (κ3) is 8.17. The van der Waals surface area contributed by atoms with E-state index in [0.717, 1.165) is 44.0 Å². The number of halogens is 1. The molecule has 292 valence electrons. The van der Waals surface area contributed by atoms with Crippen molar-refractivity contribution in [3.05, 3.63) is 45.0 Å². The number of thiazole rings is 1. The molecule has 1 saturated heterocycles. The number of fused-ring (bicyclic) bond motifs is 2. The van der Waals surface area contributed by atoms with Crippen molar-refractivity contribution in [3.63, 3.8) is 0 Å². The van der Waals surface area contributed by atoms with Crippen LogP contribution in [0.3, 0.4) is 0 Å². The number of aliphatic hydroxyl groups excluding tert-OH is 1. The van der Waals surface area contributed by atoms with Crippen LogP contribution >= 0.6 is 34.3 Å². The van der Waals surface area contributed by atoms with Gasteiger partial charge in [-0.15, -0.1) is 22.7 Å². The van der Waals surface area contributed by atoms with E-state index in [2.05, 4.69) is 22.2 Å². The van der Waals surface area contributed by atoms with E-state index in [1.807, 2.05) is 38.3 Å². The predicted molar refractivity (Wildman–Crippen MR) is 210 cm³/mol. The molecule has 1 saturated carbocycles. The first-order chi connectivity index (χ1) is 25.5. The van der Waals surface area contributed by atoms with Crippen LogP contribution < -0.4 is 10.7 Å². The lowest BCUT2D eigenvalue weighted by atomic mass is 9.84. The molecule has 54 heavy (non-hydrogen) atoms. The van der Waals surface area contributed by atoms with Crippen molar-refractivity contribution < 1.29 is 34.1 Å². The zero-order valence-electron chi connectivity index (χ0n) is 31.9. The number of hydrogen-bond acceptors (Lipinski definition) is 11. The van der Waals surface area contributed by atoms with Gasteiger partial charge in [-0.25, -0.2) is 15.2 Å². The number of alkyl carbamates (subject to hydrolysis) is 1. The summed E-state index contributed by atoms with van der Waals surface area (Å²) in [6, 6.07) is 2.02. The minimum atomic E-state index is -1.07. The third-order valence-corrected chi connectivity index (χ3v) is 12.6. The van der Waals surface area contributed by atoms with Gasteiger partial charge < -0.3 is 29.6 Å². The maximum absolute atomic E-state index is 14.0. The number of amides is 2. The lowest BCUT2D eigenvalue weighted by molar-refractivity contribution is -0.148. The van der Waals surface area contributed by atoms with Crippen LogP contribution in [0.5, 0.6) is 0 Å². The maximum Gasteiger partial charge on any atom is 0.408 e. The standard InChI is InChI=1S/C38H49ClN6O7S2/c1-9-44-31(21-11-10-12-40-29(21)19(2)51-8)23(15-38(6,7)18-46)27-28(39)32(54-34(27)44)25-17-53-26(41-25)14-24(42-36(50)52-37(3,4)5)33(47)45-16-20-13-22(20)30(43-45)35(48)49/h10-12,17,19-20,22,24,30,43,46H,9,13-16,18H2,1-8H3,(H,42,50)(H,48,49)/t19-,20?,22?,24-,30-/m0/s1. The van der Waals surface area contributed by atoms with Gasteiger partial charge in [-0.1, -0.05) is 25.4 Å². The first kappa shape index (κ1) is 40.1. The number of carbonyl (C=O) groups excluding carboxylic acids is 2. The van der Waals surface area contributed by atoms with Gasteiger partial charge in [0.05, 0.1) is 38.1 Å². The number of methoxy groups -OCH3 is 1. The summed E-state index contributed by atoms with van der Waals surface area (Å²) in [4.78, 5) is 50.2. The summed E-state index contributed by atoms with van der Waals surface area (Å²) in [7, 11) is 1.66. The molecule has 2 aliphatic rings. The van der Waals surface area contributed by atoms with Crippen LogP contribution in [-0.4, -0.2) is 85.7 Å². The summed E-state index contributed by atoms with van der Waals surface area (Å²) in [6.45, 7) is 14.3. The van der Waals surface area contributed by atoms with Crippen LogP contribution in [0.4, 0.5) is 4.79 Å². The molecule has 0 spiro atoms. The number of aliphatic carboxylic acids is 1. The number of carboxylic acids is 1. The largest absolute Gasteiger partial charge is 0.480 e. The van der Waals surface area contributed by atoms with E-state index >= 15 is 0 Å². The fourth-order valence-corrected chi connectivity index (χ4v) is 9.75. The van der Waals surface area contributed by atoms with E-state index in [4.69, 9.17) is 31.0 Å². The van der Waals surface area contributed by atoms with Crippen molar-refractivity contribution in [2.24, 2.45) is 17.3 Å². The monoisotopic (exact) mass is 800 g/mol. The van der Waals surface area contributed by atoms with E-state index in [1.54, 1.807) is 34.1 Å². The highest BCUT2D eigenvalue weighted by Gasteiger charge is 2.52. The Morgan fingerprint density at radius 2 is 1.96 bits per heavy atom. The quantitative estimate of drug-likeness (QED) is 0.114. The minimum absolute atomic E-state index is 0.0207. The first-order valence-electron chi connectivity index (χ1n) is 18.1. The summed E-state index contributed by atoms with van der Waals surface area (Å²) in [5.74, 6) is -1.41. The first-order valence-corrected chi connectivity index (χ1v) is 20.2. The van der Waals surface area contributed by atoms with E-state index in [0.29, 0.717) is 35.2 Å². The lowest BCUT2D eigenvalue weighted by Crippen LogP contribution is -2.61. The third-order valence-electron chi connectivity index (χ3n) is 9.97. The number of carbonyl (C=O) groups is 3. The summed E-state index contributed by atoms with van der Waals surface area (Å²) >= 11 is 10.2. The number of pyridine rings is 1. The zero-order chi connectivity index (χ0) is 39.3. The van der Waals surface area contributed by atoms with E-state index in [9.17, 15) is 24.6 Å². The lowest BCUT2D eigenvalue weighted by Gasteiger charge is -2.34. The number of nitrogens with one attached hydrogen (secondary N) is 2. The normalized spacial score (nSPS) is 19.7. The van der Waals surface area contributed by atoms with Gasteiger partial charge in [0.1, 0.15) is 22.5 Å². The molecule has 16 heteroatoms.